The van der Waals surface area contributed by atoms with Gasteiger partial charge in [-0.15, -0.1) is 0 Å². The lowest BCUT2D eigenvalue weighted by atomic mass is 9.32. The van der Waals surface area contributed by atoms with Gasteiger partial charge in [0.1, 0.15) is 0 Å². The fourth-order valence-corrected chi connectivity index (χ4v) is 4.90. The van der Waals surface area contributed by atoms with E-state index in [0.29, 0.717) is 16.9 Å². The van der Waals surface area contributed by atoms with Gasteiger partial charge in [-0.05, 0) is 30.7 Å². The van der Waals surface area contributed by atoms with E-state index in [1.807, 2.05) is 4.90 Å². The van der Waals surface area contributed by atoms with Gasteiger partial charge in [-0.2, -0.15) is 5.10 Å². The molecule has 5 heteroatoms. The molecular formula is C17H26N4O. The van der Waals surface area contributed by atoms with Crippen LogP contribution in [0.5, 0.6) is 0 Å². The van der Waals surface area contributed by atoms with Crippen molar-refractivity contribution < 1.29 is 4.79 Å². The zero-order valence-electron chi connectivity index (χ0n) is 13.8. The molecular weight excluding hydrogens is 276 g/mol. The molecule has 2 N–H and O–H groups in total. The normalized spacial score (nSPS) is 37.4. The summed E-state index contributed by atoms with van der Waals surface area (Å²) in [6.07, 6.45) is 4.64. The van der Waals surface area contributed by atoms with E-state index < -0.39 is 0 Å². The maximum absolute atomic E-state index is 11.3. The number of amides is 1. The Morgan fingerprint density at radius 2 is 2.09 bits per heavy atom. The van der Waals surface area contributed by atoms with Crippen LogP contribution >= 0.6 is 0 Å². The van der Waals surface area contributed by atoms with Crippen LogP contribution in [0.3, 0.4) is 0 Å². The summed E-state index contributed by atoms with van der Waals surface area (Å²) in [6, 6.07) is 2.64. The lowest BCUT2D eigenvalue weighted by molar-refractivity contribution is -0.193. The van der Waals surface area contributed by atoms with E-state index in [2.05, 4.69) is 42.4 Å². The van der Waals surface area contributed by atoms with Crippen molar-refractivity contribution in [2.75, 3.05) is 19.6 Å². The minimum Gasteiger partial charge on any atom is -0.339 e. The molecule has 2 heterocycles. The van der Waals surface area contributed by atoms with E-state index in [-0.39, 0.29) is 5.41 Å². The van der Waals surface area contributed by atoms with Crippen LogP contribution < -0.4 is 5.32 Å². The molecule has 4 fully saturated rings. The second kappa shape index (κ2) is 4.34. The van der Waals surface area contributed by atoms with Gasteiger partial charge in [0.15, 0.2) is 0 Å². The number of nitrogens with one attached hydrogen (secondary N) is 2. The minimum absolute atomic E-state index is 0.0948. The van der Waals surface area contributed by atoms with Crippen molar-refractivity contribution in [3.05, 3.63) is 17.5 Å². The van der Waals surface area contributed by atoms with Crippen LogP contribution in [0.15, 0.2) is 6.07 Å². The number of rotatable bonds is 3. The number of aromatic nitrogens is 2. The first-order chi connectivity index (χ1) is 10.4. The zero-order valence-corrected chi connectivity index (χ0v) is 13.8. The summed E-state index contributed by atoms with van der Waals surface area (Å²) >= 11 is 0. The molecule has 1 aromatic heterocycles. The number of carbonyl (C=O) groups is 1. The summed E-state index contributed by atoms with van der Waals surface area (Å²) in [4.78, 5) is 13.3. The Kier molecular flexibility index (Phi) is 2.81. The lowest BCUT2D eigenvalue weighted by Crippen LogP contribution is -2.74. The molecule has 5 nitrogen and oxygen atoms in total. The molecule has 4 aliphatic rings. The highest BCUT2D eigenvalue weighted by Crippen LogP contribution is 2.75. The standard InChI is InChI=1S/C17H26N4O/c1-15(2,3)12-6-13(20-19-12)16-8-17(9-16,10-16)14-7-18-4-5-21(14)11-22/h6,11,14,18H,4-5,7-10H2,1-3H3,(H,19,20). The van der Waals surface area contributed by atoms with Crippen LogP contribution in [0.1, 0.15) is 51.4 Å². The van der Waals surface area contributed by atoms with Crippen LogP contribution in [-0.2, 0) is 15.6 Å². The molecule has 0 radical (unpaired) electrons. The fourth-order valence-electron chi connectivity index (χ4n) is 4.90. The Morgan fingerprint density at radius 1 is 1.36 bits per heavy atom. The van der Waals surface area contributed by atoms with Crippen LogP contribution in [0.4, 0.5) is 0 Å². The second-order valence-electron chi connectivity index (χ2n) is 8.65. The van der Waals surface area contributed by atoms with Crippen LogP contribution in [-0.4, -0.2) is 47.2 Å². The number of H-pyrrole nitrogens is 1. The molecule has 0 aromatic carbocycles. The number of hydrogen-bond donors (Lipinski definition) is 2. The van der Waals surface area contributed by atoms with E-state index in [9.17, 15) is 4.79 Å². The molecule has 3 saturated carbocycles. The number of aromatic amines is 1. The first-order valence-corrected chi connectivity index (χ1v) is 8.37. The van der Waals surface area contributed by atoms with E-state index >= 15 is 0 Å². The van der Waals surface area contributed by atoms with Crippen molar-refractivity contribution in [3.63, 3.8) is 0 Å². The first-order valence-electron chi connectivity index (χ1n) is 8.37. The van der Waals surface area contributed by atoms with Gasteiger partial charge in [-0.25, -0.2) is 0 Å². The van der Waals surface area contributed by atoms with E-state index in [1.54, 1.807) is 0 Å². The molecule has 5 rings (SSSR count). The van der Waals surface area contributed by atoms with Gasteiger partial charge in [0.2, 0.25) is 6.41 Å². The monoisotopic (exact) mass is 302 g/mol. The summed E-state index contributed by atoms with van der Waals surface area (Å²) in [7, 11) is 0. The average molecular weight is 302 g/mol. The van der Waals surface area contributed by atoms with Gasteiger partial charge < -0.3 is 10.2 Å². The summed E-state index contributed by atoms with van der Waals surface area (Å²) in [5.74, 6) is 0. The predicted octanol–water partition coefficient (Wildman–Crippen LogP) is 1.56. The Hall–Kier alpha value is -1.36. The van der Waals surface area contributed by atoms with Crippen molar-refractivity contribution >= 4 is 6.41 Å². The SMILES string of the molecule is CC(C)(C)c1cc(C23CC(C4CNCCN4C=O)(C2)C3)[nH]n1. The van der Waals surface area contributed by atoms with Gasteiger partial charge >= 0.3 is 0 Å². The maximum atomic E-state index is 11.3. The van der Waals surface area contributed by atoms with Gasteiger partial charge in [0, 0.05) is 42.2 Å². The molecule has 0 spiro atoms. The average Bonchev–Trinajstić information content (AvgIpc) is 2.86. The molecule has 1 aromatic rings. The zero-order chi connectivity index (χ0) is 15.6. The first kappa shape index (κ1) is 14.2. The number of piperazine rings is 1. The highest BCUT2D eigenvalue weighted by Gasteiger charge is 2.72. The minimum atomic E-state index is 0.0948. The third-order valence-electron chi connectivity index (χ3n) is 6.12. The third kappa shape index (κ3) is 1.81. The highest BCUT2D eigenvalue weighted by atomic mass is 16.1. The summed E-state index contributed by atoms with van der Waals surface area (Å²) in [5.41, 5.74) is 3.21. The van der Waals surface area contributed by atoms with E-state index in [4.69, 9.17) is 0 Å². The van der Waals surface area contributed by atoms with E-state index in [0.717, 1.165) is 31.7 Å². The van der Waals surface area contributed by atoms with Crippen LogP contribution in [0.2, 0.25) is 0 Å². The van der Waals surface area contributed by atoms with Gasteiger partial charge in [0.05, 0.1) is 5.69 Å². The molecule has 1 saturated heterocycles. The molecule has 1 amide bonds. The molecule has 2 bridgehead atoms. The molecule has 120 valence electrons. The Bertz CT molecular complexity index is 580. The highest BCUT2D eigenvalue weighted by molar-refractivity contribution is 5.50. The third-order valence-corrected chi connectivity index (χ3v) is 6.12. The van der Waals surface area contributed by atoms with E-state index in [1.165, 1.54) is 25.0 Å². The van der Waals surface area contributed by atoms with Crippen molar-refractivity contribution in [2.45, 2.75) is 56.9 Å². The summed E-state index contributed by atoms with van der Waals surface area (Å²) < 4.78 is 0. The van der Waals surface area contributed by atoms with Crippen molar-refractivity contribution in [1.82, 2.24) is 20.4 Å². The molecule has 22 heavy (non-hydrogen) atoms. The van der Waals surface area contributed by atoms with Crippen molar-refractivity contribution in [2.24, 2.45) is 5.41 Å². The second-order valence-corrected chi connectivity index (χ2v) is 8.65. The number of nitrogens with zero attached hydrogens (tertiary/aromatic N) is 2. The number of hydrogen-bond acceptors (Lipinski definition) is 3. The molecule has 1 atom stereocenters. The largest absolute Gasteiger partial charge is 0.339 e. The topological polar surface area (TPSA) is 61.0 Å². The maximum Gasteiger partial charge on any atom is 0.210 e. The molecule has 1 unspecified atom stereocenters. The summed E-state index contributed by atoms with van der Waals surface area (Å²) in [5, 5.41) is 11.3. The molecule has 1 aliphatic heterocycles. The van der Waals surface area contributed by atoms with Gasteiger partial charge in [-0.3, -0.25) is 9.89 Å². The summed E-state index contributed by atoms with van der Waals surface area (Å²) in [6.45, 7) is 9.32. The van der Waals surface area contributed by atoms with Crippen LogP contribution in [0, 0.1) is 5.41 Å². The van der Waals surface area contributed by atoms with Gasteiger partial charge in [0.25, 0.3) is 0 Å². The Balaban J connectivity index is 1.49. The number of carbonyl (C=O) groups excluding carboxylic acids is 1. The van der Waals surface area contributed by atoms with Gasteiger partial charge in [-0.1, -0.05) is 20.8 Å². The van der Waals surface area contributed by atoms with Crippen molar-refractivity contribution in [3.8, 4) is 0 Å². The Labute approximate surface area is 131 Å². The van der Waals surface area contributed by atoms with Crippen LogP contribution in [0.25, 0.3) is 0 Å². The smallest absolute Gasteiger partial charge is 0.210 e. The predicted molar refractivity (Wildman–Crippen MR) is 84.7 cm³/mol. The lowest BCUT2D eigenvalue weighted by Gasteiger charge is -2.74. The molecule has 3 aliphatic carbocycles. The quantitative estimate of drug-likeness (QED) is 0.833. The fraction of sp³-hybridized carbons (Fsp3) is 0.765. The van der Waals surface area contributed by atoms with Crippen molar-refractivity contribution in [1.29, 1.82) is 0 Å². The Morgan fingerprint density at radius 3 is 2.68 bits per heavy atom.